The molecular formula is C10H12N+. The summed E-state index contributed by atoms with van der Waals surface area (Å²) >= 11 is 0. The van der Waals surface area contributed by atoms with Crippen molar-refractivity contribution in [3.8, 4) is 12.3 Å². The molecule has 0 N–H and O–H groups in total. The van der Waals surface area contributed by atoms with E-state index in [2.05, 4.69) is 25.1 Å². The molecule has 0 bridgehead atoms. The summed E-state index contributed by atoms with van der Waals surface area (Å²) in [5, 5.41) is 0. The Bertz CT molecular complexity index is 270. The first kappa shape index (κ1) is 7.81. The summed E-state index contributed by atoms with van der Waals surface area (Å²) in [5.74, 6) is 2.60. The molecule has 0 radical (unpaired) electrons. The van der Waals surface area contributed by atoms with Gasteiger partial charge in [-0.2, -0.15) is 4.57 Å². The van der Waals surface area contributed by atoms with Crippen molar-refractivity contribution in [2.24, 2.45) is 0 Å². The molecule has 0 saturated heterocycles. The van der Waals surface area contributed by atoms with E-state index in [9.17, 15) is 0 Å². The van der Waals surface area contributed by atoms with E-state index in [1.165, 1.54) is 5.56 Å². The second kappa shape index (κ2) is 3.78. The first-order chi connectivity index (χ1) is 5.36. The highest BCUT2D eigenvalue weighted by Gasteiger charge is 1.97. The molecule has 11 heavy (non-hydrogen) atoms. The van der Waals surface area contributed by atoms with Crippen LogP contribution in [0.4, 0.5) is 0 Å². The van der Waals surface area contributed by atoms with E-state index in [0.717, 1.165) is 6.42 Å². The second-order valence-corrected chi connectivity index (χ2v) is 2.44. The molecule has 0 aliphatic rings. The Labute approximate surface area is 67.7 Å². The Balaban J connectivity index is 2.84. The van der Waals surface area contributed by atoms with Crippen molar-refractivity contribution in [2.75, 3.05) is 0 Å². The van der Waals surface area contributed by atoms with Crippen LogP contribution in [0, 0.1) is 12.3 Å². The third-order valence-electron chi connectivity index (χ3n) is 1.60. The van der Waals surface area contributed by atoms with E-state index >= 15 is 0 Å². The van der Waals surface area contributed by atoms with Crippen molar-refractivity contribution in [1.29, 1.82) is 0 Å². The van der Waals surface area contributed by atoms with Crippen LogP contribution in [0.2, 0.25) is 0 Å². The minimum atomic E-state index is 0.661. The first-order valence-electron chi connectivity index (χ1n) is 3.78. The average Bonchev–Trinajstić information content (AvgIpc) is 2.06. The van der Waals surface area contributed by atoms with Gasteiger partial charge in [0.2, 0.25) is 6.54 Å². The van der Waals surface area contributed by atoms with Crippen LogP contribution in [0.1, 0.15) is 12.5 Å². The number of aromatic nitrogens is 1. The summed E-state index contributed by atoms with van der Waals surface area (Å²) in [5.41, 5.74) is 1.32. The Hall–Kier alpha value is -1.29. The summed E-state index contributed by atoms with van der Waals surface area (Å²) in [7, 11) is 0. The number of nitrogens with zero attached hydrogens (tertiary/aromatic N) is 1. The zero-order valence-electron chi connectivity index (χ0n) is 6.75. The van der Waals surface area contributed by atoms with Gasteiger partial charge in [0.15, 0.2) is 12.4 Å². The van der Waals surface area contributed by atoms with Crippen LogP contribution in [0.25, 0.3) is 0 Å². The molecule has 0 amide bonds. The van der Waals surface area contributed by atoms with Crippen molar-refractivity contribution in [1.82, 2.24) is 0 Å². The Morgan fingerprint density at radius 1 is 1.64 bits per heavy atom. The highest BCUT2D eigenvalue weighted by Crippen LogP contribution is 1.93. The number of hydrogen-bond donors (Lipinski definition) is 0. The molecule has 0 fully saturated rings. The largest absolute Gasteiger partial charge is 0.208 e. The number of pyridine rings is 1. The molecule has 0 aromatic carbocycles. The summed E-state index contributed by atoms with van der Waals surface area (Å²) in [6.45, 7) is 2.80. The number of aryl methyl sites for hydroxylation is 1. The highest BCUT2D eigenvalue weighted by molar-refractivity contribution is 5.04. The van der Waals surface area contributed by atoms with Crippen LogP contribution >= 0.6 is 0 Å². The lowest BCUT2D eigenvalue weighted by atomic mass is 10.2. The maximum atomic E-state index is 5.18. The minimum Gasteiger partial charge on any atom is -0.193 e. The van der Waals surface area contributed by atoms with E-state index in [-0.39, 0.29) is 0 Å². The van der Waals surface area contributed by atoms with E-state index in [4.69, 9.17) is 6.42 Å². The maximum absolute atomic E-state index is 5.18. The number of terminal acetylenes is 1. The van der Waals surface area contributed by atoms with Crippen LogP contribution in [0.15, 0.2) is 24.5 Å². The van der Waals surface area contributed by atoms with Gasteiger partial charge in [0, 0.05) is 11.6 Å². The van der Waals surface area contributed by atoms with Crippen LogP contribution in [-0.2, 0) is 13.0 Å². The van der Waals surface area contributed by atoms with Gasteiger partial charge in [0.25, 0.3) is 0 Å². The molecule has 1 aromatic rings. The van der Waals surface area contributed by atoms with Crippen LogP contribution in [-0.4, -0.2) is 0 Å². The van der Waals surface area contributed by atoms with Gasteiger partial charge in [0.05, 0.1) is 0 Å². The molecule has 0 aliphatic carbocycles. The average molecular weight is 146 g/mol. The zero-order valence-corrected chi connectivity index (χ0v) is 6.75. The van der Waals surface area contributed by atoms with Gasteiger partial charge in [-0.25, -0.2) is 0 Å². The molecule has 1 heteroatoms. The fraction of sp³-hybridized carbons (Fsp3) is 0.300. The van der Waals surface area contributed by atoms with Crippen molar-refractivity contribution in [3.05, 3.63) is 30.1 Å². The van der Waals surface area contributed by atoms with Gasteiger partial charge in [-0.15, -0.1) is 6.42 Å². The van der Waals surface area contributed by atoms with Crippen molar-refractivity contribution < 1.29 is 4.57 Å². The lowest BCUT2D eigenvalue weighted by molar-refractivity contribution is -0.685. The lowest BCUT2D eigenvalue weighted by Gasteiger charge is -1.93. The van der Waals surface area contributed by atoms with Crippen LogP contribution < -0.4 is 4.57 Å². The van der Waals surface area contributed by atoms with Gasteiger partial charge >= 0.3 is 0 Å². The normalized spacial score (nSPS) is 9.09. The highest BCUT2D eigenvalue weighted by atomic mass is 14.9. The molecule has 0 atom stereocenters. The minimum absolute atomic E-state index is 0.661. The summed E-state index contributed by atoms with van der Waals surface area (Å²) < 4.78 is 2.01. The molecule has 56 valence electrons. The fourth-order valence-electron chi connectivity index (χ4n) is 0.989. The van der Waals surface area contributed by atoms with Gasteiger partial charge in [-0.1, -0.05) is 6.92 Å². The van der Waals surface area contributed by atoms with Gasteiger partial charge in [-0.3, -0.25) is 0 Å². The first-order valence-corrected chi connectivity index (χ1v) is 3.78. The molecule has 0 aliphatic heterocycles. The monoisotopic (exact) mass is 146 g/mol. The van der Waals surface area contributed by atoms with E-state index in [1.807, 2.05) is 16.8 Å². The lowest BCUT2D eigenvalue weighted by Crippen LogP contribution is -2.32. The maximum Gasteiger partial charge on any atom is 0.208 e. The predicted octanol–water partition coefficient (Wildman–Crippen LogP) is 1.17. The standard InChI is InChI=1S/C10H12N/c1-3-7-11-8-5-6-10(4-2)9-11/h1,5-6,8-9H,4,7H2,2H3/q+1. The summed E-state index contributed by atoms with van der Waals surface area (Å²) in [4.78, 5) is 0. The van der Waals surface area contributed by atoms with Gasteiger partial charge < -0.3 is 0 Å². The molecule has 0 saturated carbocycles. The summed E-state index contributed by atoms with van der Waals surface area (Å²) in [6.07, 6.45) is 10.3. The van der Waals surface area contributed by atoms with Crippen molar-refractivity contribution >= 4 is 0 Å². The van der Waals surface area contributed by atoms with E-state index in [1.54, 1.807) is 0 Å². The SMILES string of the molecule is C#CC[n+]1cccc(CC)c1. The third-order valence-corrected chi connectivity index (χ3v) is 1.60. The van der Waals surface area contributed by atoms with Crippen molar-refractivity contribution in [2.45, 2.75) is 19.9 Å². The summed E-state index contributed by atoms with van der Waals surface area (Å²) in [6, 6.07) is 4.13. The van der Waals surface area contributed by atoms with Gasteiger partial charge in [0.1, 0.15) is 0 Å². The van der Waals surface area contributed by atoms with E-state index < -0.39 is 0 Å². The molecule has 1 nitrogen and oxygen atoms in total. The topological polar surface area (TPSA) is 3.88 Å². The molecule has 1 heterocycles. The second-order valence-electron chi connectivity index (χ2n) is 2.44. The quantitative estimate of drug-likeness (QED) is 0.435. The van der Waals surface area contributed by atoms with Crippen LogP contribution in [0.5, 0.6) is 0 Å². The third kappa shape index (κ3) is 2.09. The molecule has 1 aromatic heterocycles. The molecule has 0 unspecified atom stereocenters. The Morgan fingerprint density at radius 2 is 2.45 bits per heavy atom. The Kier molecular flexibility index (Phi) is 2.68. The smallest absolute Gasteiger partial charge is 0.193 e. The van der Waals surface area contributed by atoms with Crippen molar-refractivity contribution in [3.63, 3.8) is 0 Å². The zero-order chi connectivity index (χ0) is 8.10. The molecular weight excluding hydrogens is 134 g/mol. The Morgan fingerprint density at radius 3 is 3.09 bits per heavy atom. The van der Waals surface area contributed by atoms with Gasteiger partial charge in [-0.05, 0) is 18.4 Å². The number of rotatable bonds is 2. The fourth-order valence-corrected chi connectivity index (χ4v) is 0.989. The van der Waals surface area contributed by atoms with E-state index in [0.29, 0.717) is 6.54 Å². The molecule has 0 spiro atoms. The van der Waals surface area contributed by atoms with Crippen LogP contribution in [0.3, 0.4) is 0 Å². The molecule has 1 rings (SSSR count). The number of hydrogen-bond acceptors (Lipinski definition) is 0. The predicted molar refractivity (Wildman–Crippen MR) is 44.8 cm³/mol.